The SMILES string of the molecule is CCNC(=NCC(O)c1ccc(Cl)s1)NCCCNC(=O)OC(C)(C)C.I. The molecule has 0 aliphatic heterocycles. The quantitative estimate of drug-likeness (QED) is 0.178. The predicted molar refractivity (Wildman–Crippen MR) is 123 cm³/mol. The molecule has 0 aliphatic rings. The number of hydrogen-bond acceptors (Lipinski definition) is 5. The van der Waals surface area contributed by atoms with Crippen LogP contribution in [0.25, 0.3) is 0 Å². The lowest BCUT2D eigenvalue weighted by Crippen LogP contribution is -2.39. The molecule has 27 heavy (non-hydrogen) atoms. The van der Waals surface area contributed by atoms with Crippen molar-refractivity contribution in [3.05, 3.63) is 21.3 Å². The number of nitrogens with zero attached hydrogens (tertiary/aromatic N) is 1. The topological polar surface area (TPSA) is 95.0 Å². The molecule has 0 saturated carbocycles. The maximum Gasteiger partial charge on any atom is 0.407 e. The molecule has 1 rings (SSSR count). The fraction of sp³-hybridized carbons (Fsp3) is 0.647. The smallest absolute Gasteiger partial charge is 0.407 e. The third kappa shape index (κ3) is 12.3. The first kappa shape index (κ1) is 26.2. The summed E-state index contributed by atoms with van der Waals surface area (Å²) in [7, 11) is 0. The fourth-order valence-electron chi connectivity index (χ4n) is 1.92. The van der Waals surface area contributed by atoms with Crippen LogP contribution in [0.4, 0.5) is 4.79 Å². The zero-order valence-corrected chi connectivity index (χ0v) is 20.1. The Morgan fingerprint density at radius 2 is 1.96 bits per heavy atom. The average molecular weight is 533 g/mol. The van der Waals surface area contributed by atoms with E-state index in [1.807, 2.05) is 27.7 Å². The molecule has 0 spiro atoms. The fourth-order valence-corrected chi connectivity index (χ4v) is 2.95. The number of aliphatic imine (C=N–C) groups is 1. The molecule has 7 nitrogen and oxygen atoms in total. The van der Waals surface area contributed by atoms with Crippen molar-refractivity contribution in [3.63, 3.8) is 0 Å². The van der Waals surface area contributed by atoms with Crippen molar-refractivity contribution in [3.8, 4) is 0 Å². The van der Waals surface area contributed by atoms with Crippen LogP contribution in [0.2, 0.25) is 4.34 Å². The molecule has 156 valence electrons. The van der Waals surface area contributed by atoms with E-state index < -0.39 is 17.8 Å². The molecule has 1 heterocycles. The number of nitrogens with one attached hydrogen (secondary N) is 3. The number of carbonyl (C=O) groups is 1. The second kappa shape index (κ2) is 13.4. The van der Waals surface area contributed by atoms with Crippen molar-refractivity contribution in [2.45, 2.75) is 45.8 Å². The van der Waals surface area contributed by atoms with E-state index in [-0.39, 0.29) is 30.5 Å². The number of carbonyl (C=O) groups excluding carboxylic acids is 1. The molecule has 0 saturated heterocycles. The zero-order chi connectivity index (χ0) is 19.6. The largest absolute Gasteiger partial charge is 0.444 e. The van der Waals surface area contributed by atoms with E-state index in [0.717, 1.165) is 4.88 Å². The third-order valence-corrected chi connectivity index (χ3v) is 4.34. The first-order valence-corrected chi connectivity index (χ1v) is 9.83. The molecule has 1 aromatic heterocycles. The number of thiophene rings is 1. The van der Waals surface area contributed by atoms with Gasteiger partial charge in [-0.3, -0.25) is 4.99 Å². The number of alkyl carbamates (subject to hydrolysis) is 1. The van der Waals surface area contributed by atoms with E-state index in [9.17, 15) is 9.90 Å². The summed E-state index contributed by atoms with van der Waals surface area (Å²) in [5.41, 5.74) is -0.499. The number of hydrogen-bond donors (Lipinski definition) is 4. The monoisotopic (exact) mass is 532 g/mol. The summed E-state index contributed by atoms with van der Waals surface area (Å²) < 4.78 is 5.81. The number of aliphatic hydroxyl groups is 1. The minimum atomic E-state index is -0.684. The van der Waals surface area contributed by atoms with Gasteiger partial charge in [-0.2, -0.15) is 0 Å². The third-order valence-electron chi connectivity index (χ3n) is 3.00. The summed E-state index contributed by atoms with van der Waals surface area (Å²) >= 11 is 7.23. The van der Waals surface area contributed by atoms with Crippen LogP contribution in [0.1, 0.15) is 45.1 Å². The summed E-state index contributed by atoms with van der Waals surface area (Å²) in [6, 6.07) is 3.56. The van der Waals surface area contributed by atoms with Gasteiger partial charge >= 0.3 is 6.09 Å². The molecule has 1 atom stereocenters. The summed E-state index contributed by atoms with van der Waals surface area (Å²) in [4.78, 5) is 16.7. The van der Waals surface area contributed by atoms with Gasteiger partial charge in [-0.1, -0.05) is 11.6 Å². The van der Waals surface area contributed by atoms with E-state index in [1.165, 1.54) is 11.3 Å². The Morgan fingerprint density at radius 3 is 2.52 bits per heavy atom. The summed E-state index contributed by atoms with van der Waals surface area (Å²) in [6.07, 6.45) is -0.389. The molecule has 10 heteroatoms. The highest BCUT2D eigenvalue weighted by molar-refractivity contribution is 14.0. The molecule has 1 unspecified atom stereocenters. The number of ether oxygens (including phenoxy) is 1. The highest BCUT2D eigenvalue weighted by Crippen LogP contribution is 2.26. The van der Waals surface area contributed by atoms with Crippen molar-refractivity contribution >= 4 is 59.0 Å². The standard InChI is InChI=1S/C17H29ClN4O3S.HI/c1-5-19-15(22-11-12(23)13-7-8-14(18)26-13)20-9-6-10-21-16(24)25-17(2,3)4;/h7-8,12,23H,5-6,9-11H2,1-4H3,(H,21,24)(H2,19,20,22);1H. The maximum atomic E-state index is 11.5. The Morgan fingerprint density at radius 1 is 1.30 bits per heavy atom. The Kier molecular flexibility index (Phi) is 13.0. The van der Waals surface area contributed by atoms with E-state index in [2.05, 4.69) is 20.9 Å². The Balaban J connectivity index is 0.00000676. The highest BCUT2D eigenvalue weighted by atomic mass is 127. The van der Waals surface area contributed by atoms with Gasteiger partial charge in [0, 0.05) is 24.5 Å². The van der Waals surface area contributed by atoms with Crippen molar-refractivity contribution < 1.29 is 14.6 Å². The lowest BCUT2D eigenvalue weighted by Gasteiger charge is -2.19. The zero-order valence-electron chi connectivity index (χ0n) is 16.2. The number of aliphatic hydroxyl groups excluding tert-OH is 1. The van der Waals surface area contributed by atoms with Gasteiger partial charge in [0.05, 0.1) is 10.9 Å². The van der Waals surface area contributed by atoms with E-state index in [1.54, 1.807) is 12.1 Å². The van der Waals surface area contributed by atoms with E-state index >= 15 is 0 Å². The molecule has 0 radical (unpaired) electrons. The molecule has 0 aliphatic carbocycles. The van der Waals surface area contributed by atoms with Gasteiger partial charge in [0.1, 0.15) is 11.7 Å². The van der Waals surface area contributed by atoms with Crippen LogP contribution >= 0.6 is 46.9 Å². The molecule has 0 bridgehead atoms. The van der Waals surface area contributed by atoms with Crippen molar-refractivity contribution in [2.75, 3.05) is 26.2 Å². The minimum absolute atomic E-state index is 0. The van der Waals surface area contributed by atoms with Gasteiger partial charge in [-0.25, -0.2) is 4.79 Å². The Bertz CT molecular complexity index is 593. The molecule has 1 aromatic rings. The van der Waals surface area contributed by atoms with Crippen LogP contribution in [0.15, 0.2) is 17.1 Å². The lowest BCUT2D eigenvalue weighted by atomic mass is 10.2. The van der Waals surface area contributed by atoms with Gasteiger partial charge in [-0.15, -0.1) is 35.3 Å². The second-order valence-electron chi connectivity index (χ2n) is 6.59. The molecule has 4 N–H and O–H groups in total. The predicted octanol–water partition coefficient (Wildman–Crippen LogP) is 3.52. The van der Waals surface area contributed by atoms with Crippen LogP contribution < -0.4 is 16.0 Å². The number of guanidine groups is 1. The normalized spacial score (nSPS) is 12.7. The maximum absolute atomic E-state index is 11.5. The van der Waals surface area contributed by atoms with Gasteiger partial charge in [0.25, 0.3) is 0 Å². The van der Waals surface area contributed by atoms with Crippen molar-refractivity contribution in [1.82, 2.24) is 16.0 Å². The molecule has 0 fully saturated rings. The lowest BCUT2D eigenvalue weighted by molar-refractivity contribution is 0.0527. The van der Waals surface area contributed by atoms with Crippen molar-refractivity contribution in [2.24, 2.45) is 4.99 Å². The van der Waals surface area contributed by atoms with Gasteiger partial charge in [-0.05, 0) is 46.2 Å². The van der Waals surface area contributed by atoms with E-state index in [4.69, 9.17) is 16.3 Å². The number of amides is 1. The molecular weight excluding hydrogens is 503 g/mol. The van der Waals surface area contributed by atoms with Crippen molar-refractivity contribution in [1.29, 1.82) is 0 Å². The van der Waals surface area contributed by atoms with Crippen LogP contribution in [-0.2, 0) is 4.74 Å². The van der Waals surface area contributed by atoms with Crippen LogP contribution in [0, 0.1) is 0 Å². The molecular formula is C17H30ClIN4O3S. The van der Waals surface area contributed by atoms with Crippen LogP contribution in [-0.4, -0.2) is 48.9 Å². The Hall–Kier alpha value is -0.780. The summed E-state index contributed by atoms with van der Waals surface area (Å²) in [6.45, 7) is 9.52. The minimum Gasteiger partial charge on any atom is -0.444 e. The first-order valence-electron chi connectivity index (χ1n) is 8.63. The summed E-state index contributed by atoms with van der Waals surface area (Å²) in [5.74, 6) is 0.617. The summed E-state index contributed by atoms with van der Waals surface area (Å²) in [5, 5.41) is 19.1. The van der Waals surface area contributed by atoms with E-state index in [0.29, 0.717) is 36.4 Å². The Labute approximate surface area is 187 Å². The second-order valence-corrected chi connectivity index (χ2v) is 8.33. The van der Waals surface area contributed by atoms with Gasteiger partial charge in [0.2, 0.25) is 0 Å². The first-order chi connectivity index (χ1) is 12.2. The molecule has 1 amide bonds. The molecule has 0 aromatic carbocycles. The number of halogens is 2. The van der Waals surface area contributed by atoms with Gasteiger partial charge in [0.15, 0.2) is 5.96 Å². The van der Waals surface area contributed by atoms with Crippen LogP contribution in [0.3, 0.4) is 0 Å². The van der Waals surface area contributed by atoms with Crippen LogP contribution in [0.5, 0.6) is 0 Å². The van der Waals surface area contributed by atoms with Gasteiger partial charge < -0.3 is 25.8 Å². The average Bonchev–Trinajstić information content (AvgIpc) is 2.96. The highest BCUT2D eigenvalue weighted by Gasteiger charge is 2.15. The number of rotatable bonds is 8.